The van der Waals surface area contributed by atoms with E-state index in [1.54, 1.807) is 11.3 Å². The van der Waals surface area contributed by atoms with Crippen molar-refractivity contribution >= 4 is 32.9 Å². The van der Waals surface area contributed by atoms with Crippen molar-refractivity contribution in [3.8, 4) is 10.4 Å². The molecule has 0 saturated heterocycles. The number of thiophene rings is 2. The third-order valence-electron chi connectivity index (χ3n) is 4.23. The lowest BCUT2D eigenvalue weighted by Crippen LogP contribution is -2.22. The molecule has 8 heteroatoms. The Morgan fingerprint density at radius 1 is 1.15 bits per heavy atom. The molecule has 0 aliphatic rings. The molecule has 3 heterocycles. The molecule has 3 nitrogen and oxygen atoms in total. The van der Waals surface area contributed by atoms with Crippen LogP contribution < -0.4 is 5.56 Å². The van der Waals surface area contributed by atoms with Crippen molar-refractivity contribution in [2.75, 3.05) is 0 Å². The number of benzene rings is 1. The summed E-state index contributed by atoms with van der Waals surface area (Å²) in [5.41, 5.74) is -0.253. The minimum atomic E-state index is -4.47. The largest absolute Gasteiger partial charge is 0.416 e. The number of fused-ring (bicyclic) bond motifs is 1. The Hall–Kier alpha value is -2.45. The second-order valence-electron chi connectivity index (χ2n) is 6.07. The number of hydrogen-bond acceptors (Lipinski definition) is 4. The zero-order valence-corrected chi connectivity index (χ0v) is 15.7. The van der Waals surface area contributed by atoms with Crippen LogP contribution in [0.25, 0.3) is 20.7 Å². The minimum Gasteiger partial charge on any atom is -0.294 e. The molecule has 0 spiro atoms. The fourth-order valence-electron chi connectivity index (χ4n) is 2.96. The molecule has 0 saturated carbocycles. The van der Waals surface area contributed by atoms with E-state index in [1.165, 1.54) is 40.4 Å². The number of halogens is 3. The molecule has 0 aliphatic heterocycles. The van der Waals surface area contributed by atoms with E-state index >= 15 is 0 Å². The van der Waals surface area contributed by atoms with Crippen LogP contribution in [0.1, 0.15) is 16.0 Å². The lowest BCUT2D eigenvalue weighted by molar-refractivity contribution is -0.138. The average molecular weight is 406 g/mol. The number of rotatable bonds is 3. The highest BCUT2D eigenvalue weighted by Crippen LogP contribution is 2.35. The first kappa shape index (κ1) is 17.9. The highest BCUT2D eigenvalue weighted by atomic mass is 32.1. The Morgan fingerprint density at radius 3 is 2.63 bits per heavy atom. The maximum atomic E-state index is 13.2. The van der Waals surface area contributed by atoms with Crippen LogP contribution in [0.5, 0.6) is 0 Å². The summed E-state index contributed by atoms with van der Waals surface area (Å²) in [4.78, 5) is 19.9. The van der Waals surface area contributed by atoms with Crippen molar-refractivity contribution in [3.63, 3.8) is 0 Å². The summed E-state index contributed by atoms with van der Waals surface area (Å²) in [7, 11) is 0. The lowest BCUT2D eigenvalue weighted by atomic mass is 10.1. The zero-order valence-electron chi connectivity index (χ0n) is 14.1. The first-order valence-electron chi connectivity index (χ1n) is 8.03. The average Bonchev–Trinajstić information content (AvgIpc) is 3.23. The molecule has 3 aromatic heterocycles. The number of aromatic nitrogens is 2. The molecule has 4 rings (SSSR count). The predicted molar refractivity (Wildman–Crippen MR) is 102 cm³/mol. The van der Waals surface area contributed by atoms with E-state index in [2.05, 4.69) is 4.98 Å². The van der Waals surface area contributed by atoms with Crippen LogP contribution in [0.15, 0.2) is 52.9 Å². The highest BCUT2D eigenvalue weighted by Gasteiger charge is 2.33. The van der Waals surface area contributed by atoms with Crippen molar-refractivity contribution in [3.05, 3.63) is 74.5 Å². The Kier molecular flexibility index (Phi) is 4.39. The Bertz CT molecular complexity index is 1190. The van der Waals surface area contributed by atoms with E-state index in [0.717, 1.165) is 21.4 Å². The monoisotopic (exact) mass is 406 g/mol. The highest BCUT2D eigenvalue weighted by molar-refractivity contribution is 7.19. The zero-order chi connectivity index (χ0) is 19.2. The third kappa shape index (κ3) is 3.30. The van der Waals surface area contributed by atoms with Crippen molar-refractivity contribution in [1.82, 2.24) is 9.55 Å². The van der Waals surface area contributed by atoms with Gasteiger partial charge >= 0.3 is 6.18 Å². The molecule has 0 radical (unpaired) electrons. The van der Waals surface area contributed by atoms with Crippen LogP contribution in [0.3, 0.4) is 0 Å². The van der Waals surface area contributed by atoms with Crippen LogP contribution in [-0.2, 0) is 12.7 Å². The van der Waals surface area contributed by atoms with E-state index in [0.29, 0.717) is 10.2 Å². The summed E-state index contributed by atoms with van der Waals surface area (Å²) in [5.74, 6) is 0. The van der Waals surface area contributed by atoms with E-state index in [-0.39, 0.29) is 17.7 Å². The van der Waals surface area contributed by atoms with Gasteiger partial charge in [-0.3, -0.25) is 9.36 Å². The fourth-order valence-corrected chi connectivity index (χ4v) is 4.82. The quantitative estimate of drug-likeness (QED) is 0.446. The maximum absolute atomic E-state index is 13.2. The van der Waals surface area contributed by atoms with Gasteiger partial charge in [0.1, 0.15) is 4.83 Å². The molecule has 27 heavy (non-hydrogen) atoms. The molecule has 0 atom stereocenters. The van der Waals surface area contributed by atoms with Crippen LogP contribution in [0.2, 0.25) is 0 Å². The first-order valence-corrected chi connectivity index (χ1v) is 9.73. The standard InChI is InChI=1S/C19H13F3N2OS2/c1-11-6-7-15(27-11)13-9-26-17-16(13)18(25)24(10-23-17)8-12-4-2-3-5-14(12)19(20,21)22/h2-7,9-10H,8H2,1H3. The van der Waals surface area contributed by atoms with Crippen molar-refractivity contribution in [2.45, 2.75) is 19.6 Å². The normalized spacial score (nSPS) is 12.0. The van der Waals surface area contributed by atoms with Gasteiger partial charge in [-0.1, -0.05) is 18.2 Å². The van der Waals surface area contributed by atoms with Gasteiger partial charge in [0, 0.05) is 20.7 Å². The summed E-state index contributed by atoms with van der Waals surface area (Å²) in [6.45, 7) is 1.80. The second kappa shape index (κ2) is 6.61. The van der Waals surface area contributed by atoms with Gasteiger partial charge in [-0.25, -0.2) is 4.98 Å². The molecule has 0 N–H and O–H groups in total. The number of nitrogens with zero attached hydrogens (tertiary/aromatic N) is 2. The van der Waals surface area contributed by atoms with Gasteiger partial charge in [0.25, 0.3) is 5.56 Å². The number of alkyl halides is 3. The van der Waals surface area contributed by atoms with Crippen LogP contribution in [0, 0.1) is 6.92 Å². The lowest BCUT2D eigenvalue weighted by Gasteiger charge is -2.13. The Morgan fingerprint density at radius 2 is 1.93 bits per heavy atom. The SMILES string of the molecule is Cc1ccc(-c2csc3ncn(Cc4ccccc4C(F)(F)F)c(=O)c23)s1. The smallest absolute Gasteiger partial charge is 0.294 e. The van der Waals surface area contributed by atoms with Gasteiger partial charge in [-0.15, -0.1) is 22.7 Å². The van der Waals surface area contributed by atoms with Crippen molar-refractivity contribution in [1.29, 1.82) is 0 Å². The number of hydrogen-bond donors (Lipinski definition) is 0. The molecular formula is C19H13F3N2OS2. The molecule has 138 valence electrons. The molecule has 4 aromatic rings. The third-order valence-corrected chi connectivity index (χ3v) is 6.15. The van der Waals surface area contributed by atoms with Crippen molar-refractivity contribution in [2.24, 2.45) is 0 Å². The fraction of sp³-hybridized carbons (Fsp3) is 0.158. The molecule has 0 aliphatic carbocycles. The minimum absolute atomic E-state index is 0.0389. The van der Waals surface area contributed by atoms with Gasteiger partial charge in [-0.05, 0) is 30.7 Å². The summed E-state index contributed by atoms with van der Waals surface area (Å²) in [6, 6.07) is 9.20. The van der Waals surface area contributed by atoms with Gasteiger partial charge in [0.05, 0.1) is 23.8 Å². The van der Waals surface area contributed by atoms with E-state index < -0.39 is 11.7 Å². The maximum Gasteiger partial charge on any atom is 0.416 e. The van der Waals surface area contributed by atoms with Gasteiger partial charge in [0.15, 0.2) is 0 Å². The first-order chi connectivity index (χ1) is 12.8. The Labute approximate surface area is 160 Å². The summed E-state index contributed by atoms with van der Waals surface area (Å²) in [6.07, 6.45) is -3.16. The van der Waals surface area contributed by atoms with E-state index in [1.807, 2.05) is 24.4 Å². The van der Waals surface area contributed by atoms with Crippen LogP contribution in [-0.4, -0.2) is 9.55 Å². The van der Waals surface area contributed by atoms with Gasteiger partial charge in [-0.2, -0.15) is 13.2 Å². The molecular weight excluding hydrogens is 393 g/mol. The van der Waals surface area contributed by atoms with Gasteiger partial charge < -0.3 is 0 Å². The van der Waals surface area contributed by atoms with Gasteiger partial charge in [0.2, 0.25) is 0 Å². The summed E-state index contributed by atoms with van der Waals surface area (Å²) >= 11 is 2.92. The van der Waals surface area contributed by atoms with E-state index in [4.69, 9.17) is 0 Å². The summed E-state index contributed by atoms with van der Waals surface area (Å²) in [5, 5.41) is 2.33. The van der Waals surface area contributed by atoms with Crippen molar-refractivity contribution < 1.29 is 13.2 Å². The van der Waals surface area contributed by atoms with Crippen LogP contribution in [0.4, 0.5) is 13.2 Å². The topological polar surface area (TPSA) is 34.9 Å². The second-order valence-corrected chi connectivity index (χ2v) is 8.22. The molecule has 0 unspecified atom stereocenters. The molecule has 0 bridgehead atoms. The molecule has 0 amide bonds. The van der Waals surface area contributed by atoms with E-state index in [9.17, 15) is 18.0 Å². The number of aryl methyl sites for hydroxylation is 1. The Balaban J connectivity index is 1.83. The van der Waals surface area contributed by atoms with Crippen LogP contribution >= 0.6 is 22.7 Å². The predicted octanol–water partition coefficient (Wildman–Crippen LogP) is 5.56. The molecule has 0 fully saturated rings. The summed E-state index contributed by atoms with van der Waals surface area (Å²) < 4.78 is 41.0. The molecule has 1 aromatic carbocycles.